The van der Waals surface area contributed by atoms with Crippen molar-refractivity contribution in [1.82, 2.24) is 4.90 Å². The van der Waals surface area contributed by atoms with E-state index < -0.39 is 0 Å². The van der Waals surface area contributed by atoms with E-state index in [1.54, 1.807) is 0 Å². The Hall–Kier alpha value is -0.980. The van der Waals surface area contributed by atoms with Crippen molar-refractivity contribution in [3.8, 4) is 0 Å². The fourth-order valence-corrected chi connectivity index (χ4v) is 0.813. The van der Waals surface area contributed by atoms with Crippen molar-refractivity contribution in [3.05, 3.63) is 36.7 Å². The van der Waals surface area contributed by atoms with Gasteiger partial charge in [-0.1, -0.05) is 20.4 Å². The molecule has 0 atom stereocenters. The molecule has 0 aliphatic carbocycles. The van der Waals surface area contributed by atoms with Crippen LogP contribution < -0.4 is 0 Å². The second kappa shape index (κ2) is 5.64. The number of allylic oxidation sites excluding steroid dienone is 3. The number of nitrogens with zero attached hydrogens (tertiary/aromatic N) is 1. The standard InChI is InChI=1S/C9H13N.C2H6/c1-8(2)10-6-4-9(3)5-7-10;1-2/h4-8H,3H2,1-2H3;1-2H3. The van der Waals surface area contributed by atoms with Crippen LogP contribution in [0.1, 0.15) is 27.7 Å². The van der Waals surface area contributed by atoms with Crippen molar-refractivity contribution in [2.24, 2.45) is 0 Å². The zero-order valence-corrected chi connectivity index (χ0v) is 8.54. The van der Waals surface area contributed by atoms with E-state index in [-0.39, 0.29) is 0 Å². The van der Waals surface area contributed by atoms with Crippen molar-refractivity contribution in [2.75, 3.05) is 0 Å². The van der Waals surface area contributed by atoms with Gasteiger partial charge in [0.25, 0.3) is 0 Å². The quantitative estimate of drug-likeness (QED) is 0.576. The Labute approximate surface area is 76.1 Å². The lowest BCUT2D eigenvalue weighted by atomic mass is 10.2. The predicted molar refractivity (Wildman–Crippen MR) is 55.7 cm³/mol. The van der Waals surface area contributed by atoms with Crippen LogP contribution in [0.2, 0.25) is 0 Å². The Kier molecular flexibility index (Phi) is 5.18. The molecule has 0 saturated heterocycles. The minimum absolute atomic E-state index is 0.542. The zero-order chi connectivity index (χ0) is 9.56. The molecule has 0 aromatic carbocycles. The highest BCUT2D eigenvalue weighted by molar-refractivity contribution is 5.30. The van der Waals surface area contributed by atoms with Gasteiger partial charge in [-0.3, -0.25) is 0 Å². The number of rotatable bonds is 1. The molecule has 0 unspecified atom stereocenters. The molecule has 12 heavy (non-hydrogen) atoms. The summed E-state index contributed by atoms with van der Waals surface area (Å²) in [5.74, 6) is 0. The van der Waals surface area contributed by atoms with E-state index in [9.17, 15) is 0 Å². The van der Waals surface area contributed by atoms with Gasteiger partial charge in [0.15, 0.2) is 0 Å². The van der Waals surface area contributed by atoms with E-state index >= 15 is 0 Å². The van der Waals surface area contributed by atoms with Crippen molar-refractivity contribution in [2.45, 2.75) is 33.7 Å². The first-order valence-corrected chi connectivity index (χ1v) is 4.53. The summed E-state index contributed by atoms with van der Waals surface area (Å²) in [5, 5.41) is 0. The maximum absolute atomic E-state index is 3.81. The van der Waals surface area contributed by atoms with Gasteiger partial charge in [-0.05, 0) is 31.6 Å². The van der Waals surface area contributed by atoms with Gasteiger partial charge in [0.1, 0.15) is 0 Å². The molecule has 1 aliphatic rings. The van der Waals surface area contributed by atoms with Crippen LogP contribution in [0, 0.1) is 0 Å². The lowest BCUT2D eigenvalue weighted by Crippen LogP contribution is -2.20. The monoisotopic (exact) mass is 165 g/mol. The molecular formula is C11H19N. The Morgan fingerprint density at radius 1 is 1.17 bits per heavy atom. The average Bonchev–Trinajstić information content (AvgIpc) is 2.09. The molecule has 1 aliphatic heterocycles. The Balaban J connectivity index is 0.000000561. The highest BCUT2D eigenvalue weighted by Crippen LogP contribution is 2.09. The van der Waals surface area contributed by atoms with Gasteiger partial charge in [-0.15, -0.1) is 0 Å². The predicted octanol–water partition coefficient (Wildman–Crippen LogP) is 3.32. The molecular weight excluding hydrogens is 146 g/mol. The summed E-state index contributed by atoms with van der Waals surface area (Å²) in [4.78, 5) is 2.15. The third kappa shape index (κ3) is 3.42. The van der Waals surface area contributed by atoms with E-state index in [1.807, 2.05) is 38.4 Å². The van der Waals surface area contributed by atoms with Gasteiger partial charge in [0.2, 0.25) is 0 Å². The van der Waals surface area contributed by atoms with Crippen LogP contribution in [0.15, 0.2) is 36.7 Å². The largest absolute Gasteiger partial charge is 0.352 e. The molecule has 0 N–H and O–H groups in total. The number of hydrogen-bond donors (Lipinski definition) is 0. The van der Waals surface area contributed by atoms with Gasteiger partial charge >= 0.3 is 0 Å². The van der Waals surface area contributed by atoms with Crippen LogP contribution >= 0.6 is 0 Å². The van der Waals surface area contributed by atoms with Crippen LogP contribution in [-0.2, 0) is 0 Å². The molecule has 0 bridgehead atoms. The molecule has 0 radical (unpaired) electrons. The van der Waals surface area contributed by atoms with Gasteiger partial charge in [0, 0.05) is 18.4 Å². The molecule has 0 spiro atoms. The summed E-state index contributed by atoms with van der Waals surface area (Å²) < 4.78 is 0. The summed E-state index contributed by atoms with van der Waals surface area (Å²) in [5.41, 5.74) is 1.07. The van der Waals surface area contributed by atoms with Crippen molar-refractivity contribution in [3.63, 3.8) is 0 Å². The van der Waals surface area contributed by atoms with Crippen molar-refractivity contribution >= 4 is 0 Å². The summed E-state index contributed by atoms with van der Waals surface area (Å²) in [7, 11) is 0. The van der Waals surface area contributed by atoms with E-state index in [4.69, 9.17) is 0 Å². The number of hydrogen-bond acceptors (Lipinski definition) is 1. The molecule has 1 nitrogen and oxygen atoms in total. The van der Waals surface area contributed by atoms with E-state index in [2.05, 4.69) is 25.3 Å². The Bertz CT molecular complexity index is 171. The molecule has 0 saturated carbocycles. The second-order valence-electron chi connectivity index (χ2n) is 2.75. The smallest absolute Gasteiger partial charge is 0.0274 e. The first kappa shape index (κ1) is 11.0. The first-order valence-electron chi connectivity index (χ1n) is 4.53. The highest BCUT2D eigenvalue weighted by Gasteiger charge is 2.01. The van der Waals surface area contributed by atoms with Gasteiger partial charge in [-0.25, -0.2) is 0 Å². The maximum Gasteiger partial charge on any atom is 0.0274 e. The second-order valence-corrected chi connectivity index (χ2v) is 2.75. The molecule has 0 fully saturated rings. The van der Waals surface area contributed by atoms with Crippen molar-refractivity contribution in [1.29, 1.82) is 0 Å². The minimum atomic E-state index is 0.542. The molecule has 0 amide bonds. The first-order chi connectivity index (χ1) is 5.70. The van der Waals surface area contributed by atoms with Crippen molar-refractivity contribution < 1.29 is 0 Å². The van der Waals surface area contributed by atoms with Crippen LogP contribution in [0.5, 0.6) is 0 Å². The lowest BCUT2D eigenvalue weighted by Gasteiger charge is -2.22. The third-order valence-electron chi connectivity index (χ3n) is 1.52. The fourth-order valence-electron chi connectivity index (χ4n) is 0.813. The summed E-state index contributed by atoms with van der Waals surface area (Å²) >= 11 is 0. The third-order valence-corrected chi connectivity index (χ3v) is 1.52. The zero-order valence-electron chi connectivity index (χ0n) is 8.54. The molecule has 0 aromatic heterocycles. The maximum atomic E-state index is 3.81. The van der Waals surface area contributed by atoms with E-state index in [0.717, 1.165) is 5.57 Å². The SMILES string of the molecule is C=C1C=CN(C(C)C)C=C1.CC. The van der Waals surface area contributed by atoms with Gasteiger partial charge in [0.05, 0.1) is 0 Å². The summed E-state index contributed by atoms with van der Waals surface area (Å²) in [6.45, 7) is 12.1. The lowest BCUT2D eigenvalue weighted by molar-refractivity contribution is 0.414. The van der Waals surface area contributed by atoms with E-state index in [0.29, 0.717) is 6.04 Å². The van der Waals surface area contributed by atoms with Crippen LogP contribution in [0.4, 0.5) is 0 Å². The fraction of sp³-hybridized carbons (Fsp3) is 0.455. The highest BCUT2D eigenvalue weighted by atomic mass is 15.1. The van der Waals surface area contributed by atoms with Gasteiger partial charge in [-0.2, -0.15) is 0 Å². The molecule has 1 rings (SSSR count). The molecule has 1 heteroatoms. The molecule has 1 heterocycles. The Morgan fingerprint density at radius 2 is 1.58 bits per heavy atom. The summed E-state index contributed by atoms with van der Waals surface area (Å²) in [6.07, 6.45) is 8.12. The van der Waals surface area contributed by atoms with E-state index in [1.165, 1.54) is 0 Å². The normalized spacial score (nSPS) is 14.8. The minimum Gasteiger partial charge on any atom is -0.352 e. The Morgan fingerprint density at radius 3 is 1.92 bits per heavy atom. The summed E-state index contributed by atoms with van der Waals surface area (Å²) in [6, 6.07) is 0.542. The average molecular weight is 165 g/mol. The molecule has 0 aromatic rings. The van der Waals surface area contributed by atoms with Gasteiger partial charge < -0.3 is 4.90 Å². The molecule has 68 valence electrons. The topological polar surface area (TPSA) is 3.24 Å². The van der Waals surface area contributed by atoms with Crippen LogP contribution in [0.3, 0.4) is 0 Å². The van der Waals surface area contributed by atoms with Crippen LogP contribution in [0.25, 0.3) is 0 Å². The van der Waals surface area contributed by atoms with Crippen LogP contribution in [-0.4, -0.2) is 10.9 Å².